The Morgan fingerprint density at radius 2 is 1.76 bits per heavy atom. The molecular formula is C19H22ClNO4. The van der Waals surface area contributed by atoms with Crippen LogP contribution in [0.1, 0.15) is 17.5 Å². The van der Waals surface area contributed by atoms with Crippen LogP contribution in [0, 0.1) is 13.8 Å². The van der Waals surface area contributed by atoms with Crippen LogP contribution in [-0.2, 0) is 4.79 Å². The average molecular weight is 364 g/mol. The number of anilines is 1. The van der Waals surface area contributed by atoms with Crippen molar-refractivity contribution in [3.63, 3.8) is 0 Å². The molecule has 0 spiro atoms. The van der Waals surface area contributed by atoms with Gasteiger partial charge in [-0.3, -0.25) is 4.79 Å². The fourth-order valence-electron chi connectivity index (χ4n) is 2.24. The van der Waals surface area contributed by atoms with Crippen molar-refractivity contribution in [1.29, 1.82) is 0 Å². The zero-order chi connectivity index (χ0) is 18.4. The molecule has 2 aromatic rings. The highest BCUT2D eigenvalue weighted by molar-refractivity contribution is 6.32. The Morgan fingerprint density at radius 1 is 1.04 bits per heavy atom. The maximum atomic E-state index is 12.1. The Balaban J connectivity index is 1.93. The smallest absolute Gasteiger partial charge is 0.227 e. The van der Waals surface area contributed by atoms with Gasteiger partial charge in [-0.05, 0) is 43.2 Å². The Labute approximate surface area is 152 Å². The number of benzene rings is 2. The molecule has 0 unspecified atom stereocenters. The van der Waals surface area contributed by atoms with Crippen LogP contribution < -0.4 is 19.5 Å². The van der Waals surface area contributed by atoms with Crippen molar-refractivity contribution in [2.45, 2.75) is 20.3 Å². The van der Waals surface area contributed by atoms with Crippen molar-refractivity contribution in [3.05, 3.63) is 46.5 Å². The standard InChI is InChI=1S/C19H22ClNO4/c1-12-5-6-14(9-13(12)2)25-8-7-19(22)21-16-10-15(20)17(23-3)11-18(16)24-4/h5-6,9-11H,7-8H2,1-4H3,(H,21,22). The summed E-state index contributed by atoms with van der Waals surface area (Å²) >= 11 is 6.10. The molecule has 0 saturated heterocycles. The lowest BCUT2D eigenvalue weighted by molar-refractivity contribution is -0.116. The number of hydrogen-bond donors (Lipinski definition) is 1. The van der Waals surface area contributed by atoms with Crippen LogP contribution in [0.15, 0.2) is 30.3 Å². The Kier molecular flexibility index (Phi) is 6.53. The topological polar surface area (TPSA) is 56.8 Å². The van der Waals surface area contributed by atoms with Gasteiger partial charge >= 0.3 is 0 Å². The molecule has 0 atom stereocenters. The van der Waals surface area contributed by atoms with E-state index >= 15 is 0 Å². The van der Waals surface area contributed by atoms with E-state index in [1.807, 2.05) is 32.0 Å². The molecule has 0 aromatic heterocycles. The lowest BCUT2D eigenvalue weighted by atomic mass is 10.1. The van der Waals surface area contributed by atoms with E-state index in [4.69, 9.17) is 25.8 Å². The summed E-state index contributed by atoms with van der Waals surface area (Å²) < 4.78 is 16.0. The van der Waals surface area contributed by atoms with Gasteiger partial charge in [0.1, 0.15) is 17.2 Å². The molecule has 134 valence electrons. The maximum Gasteiger partial charge on any atom is 0.227 e. The monoisotopic (exact) mass is 363 g/mol. The summed E-state index contributed by atoms with van der Waals surface area (Å²) in [7, 11) is 3.03. The summed E-state index contributed by atoms with van der Waals surface area (Å²) in [6.07, 6.45) is 0.208. The Morgan fingerprint density at radius 3 is 2.40 bits per heavy atom. The molecule has 0 bridgehead atoms. The first-order valence-corrected chi connectivity index (χ1v) is 8.23. The van der Waals surface area contributed by atoms with E-state index < -0.39 is 0 Å². The van der Waals surface area contributed by atoms with Gasteiger partial charge in [0.15, 0.2) is 0 Å². The first kappa shape index (κ1) is 18.9. The molecule has 0 aliphatic heterocycles. The molecule has 0 heterocycles. The first-order valence-electron chi connectivity index (χ1n) is 7.86. The molecule has 0 saturated carbocycles. The predicted molar refractivity (Wildman–Crippen MR) is 99.2 cm³/mol. The molecule has 2 rings (SSSR count). The van der Waals surface area contributed by atoms with Crippen LogP contribution in [0.3, 0.4) is 0 Å². The average Bonchev–Trinajstić information content (AvgIpc) is 2.58. The van der Waals surface area contributed by atoms with Crippen molar-refractivity contribution < 1.29 is 19.0 Å². The number of carbonyl (C=O) groups is 1. The van der Waals surface area contributed by atoms with Crippen molar-refractivity contribution in [1.82, 2.24) is 0 Å². The minimum absolute atomic E-state index is 0.191. The summed E-state index contributed by atoms with van der Waals surface area (Å²) in [4.78, 5) is 12.1. The normalized spacial score (nSPS) is 10.3. The number of hydrogen-bond acceptors (Lipinski definition) is 4. The fraction of sp³-hybridized carbons (Fsp3) is 0.316. The van der Waals surface area contributed by atoms with Gasteiger partial charge in [-0.25, -0.2) is 0 Å². The highest BCUT2D eigenvalue weighted by Crippen LogP contribution is 2.35. The van der Waals surface area contributed by atoms with Gasteiger partial charge in [0.2, 0.25) is 5.91 Å². The molecule has 0 radical (unpaired) electrons. The zero-order valence-corrected chi connectivity index (χ0v) is 15.6. The molecule has 25 heavy (non-hydrogen) atoms. The molecule has 5 nitrogen and oxygen atoms in total. The van der Waals surface area contributed by atoms with E-state index in [0.29, 0.717) is 22.2 Å². The van der Waals surface area contributed by atoms with Gasteiger partial charge < -0.3 is 19.5 Å². The molecule has 6 heteroatoms. The summed E-state index contributed by atoms with van der Waals surface area (Å²) in [5.41, 5.74) is 2.85. The van der Waals surface area contributed by atoms with Crippen molar-refractivity contribution >= 4 is 23.2 Å². The first-order chi connectivity index (χ1) is 11.9. The van der Waals surface area contributed by atoms with Crippen LogP contribution in [-0.4, -0.2) is 26.7 Å². The van der Waals surface area contributed by atoms with Crippen LogP contribution in [0.25, 0.3) is 0 Å². The number of methoxy groups -OCH3 is 2. The van der Waals surface area contributed by atoms with Crippen molar-refractivity contribution in [2.75, 3.05) is 26.1 Å². The highest BCUT2D eigenvalue weighted by atomic mass is 35.5. The third kappa shape index (κ3) is 5.03. The van der Waals surface area contributed by atoms with E-state index in [9.17, 15) is 4.79 Å². The van der Waals surface area contributed by atoms with Crippen molar-refractivity contribution in [2.24, 2.45) is 0 Å². The number of nitrogens with one attached hydrogen (secondary N) is 1. The lowest BCUT2D eigenvalue weighted by Crippen LogP contribution is -2.16. The molecule has 0 fully saturated rings. The third-order valence-corrected chi connectivity index (χ3v) is 4.12. The summed E-state index contributed by atoms with van der Waals surface area (Å²) in [5, 5.41) is 3.17. The summed E-state index contributed by atoms with van der Waals surface area (Å²) in [6, 6.07) is 9.08. The molecule has 0 aliphatic carbocycles. The van der Waals surface area contributed by atoms with Gasteiger partial charge in [-0.2, -0.15) is 0 Å². The predicted octanol–water partition coefficient (Wildman–Crippen LogP) is 4.38. The molecule has 2 aromatic carbocycles. The van der Waals surface area contributed by atoms with E-state index in [-0.39, 0.29) is 18.9 Å². The van der Waals surface area contributed by atoms with Gasteiger partial charge in [0.25, 0.3) is 0 Å². The summed E-state index contributed by atoms with van der Waals surface area (Å²) in [5.74, 6) is 1.52. The Bertz CT molecular complexity index is 761. The van der Waals surface area contributed by atoms with Crippen LogP contribution in [0.4, 0.5) is 5.69 Å². The number of halogens is 1. The minimum atomic E-state index is -0.191. The second-order valence-corrected chi connectivity index (χ2v) is 5.99. The van der Waals surface area contributed by atoms with Crippen LogP contribution >= 0.6 is 11.6 Å². The third-order valence-electron chi connectivity index (χ3n) is 3.82. The lowest BCUT2D eigenvalue weighted by Gasteiger charge is -2.13. The highest BCUT2D eigenvalue weighted by Gasteiger charge is 2.12. The number of carbonyl (C=O) groups excluding carboxylic acids is 1. The number of ether oxygens (including phenoxy) is 3. The van der Waals surface area contributed by atoms with Gasteiger partial charge in [0.05, 0.1) is 38.0 Å². The van der Waals surface area contributed by atoms with Crippen LogP contribution in [0.5, 0.6) is 17.2 Å². The Hall–Kier alpha value is -2.40. The molecular weight excluding hydrogens is 342 g/mol. The van der Waals surface area contributed by atoms with E-state index in [0.717, 1.165) is 11.3 Å². The maximum absolute atomic E-state index is 12.1. The number of aryl methyl sites for hydroxylation is 2. The summed E-state index contributed by atoms with van der Waals surface area (Å²) in [6.45, 7) is 4.34. The fourth-order valence-corrected chi connectivity index (χ4v) is 2.48. The second kappa shape index (κ2) is 8.62. The quantitative estimate of drug-likeness (QED) is 0.793. The van der Waals surface area contributed by atoms with Gasteiger partial charge in [0, 0.05) is 6.07 Å². The van der Waals surface area contributed by atoms with Crippen LogP contribution in [0.2, 0.25) is 5.02 Å². The van der Waals surface area contributed by atoms with E-state index in [2.05, 4.69) is 5.32 Å². The number of amides is 1. The minimum Gasteiger partial charge on any atom is -0.495 e. The van der Waals surface area contributed by atoms with Crippen molar-refractivity contribution in [3.8, 4) is 17.2 Å². The van der Waals surface area contributed by atoms with Gasteiger partial charge in [-0.1, -0.05) is 17.7 Å². The number of rotatable bonds is 7. The van der Waals surface area contributed by atoms with E-state index in [1.54, 1.807) is 12.1 Å². The van der Waals surface area contributed by atoms with E-state index in [1.165, 1.54) is 19.8 Å². The largest absolute Gasteiger partial charge is 0.495 e. The SMILES string of the molecule is COc1cc(OC)c(NC(=O)CCOc2ccc(C)c(C)c2)cc1Cl. The van der Waals surface area contributed by atoms with Gasteiger partial charge in [-0.15, -0.1) is 0 Å². The second-order valence-electron chi connectivity index (χ2n) is 5.58. The molecule has 0 aliphatic rings. The molecule has 1 amide bonds. The molecule has 1 N–H and O–H groups in total. The zero-order valence-electron chi connectivity index (χ0n) is 14.8.